The Bertz CT molecular complexity index is 1020. The molecule has 3 aromatic carbocycles. The molecule has 0 radical (unpaired) electrons. The lowest BCUT2D eigenvalue weighted by molar-refractivity contribution is 0.594. The summed E-state index contributed by atoms with van der Waals surface area (Å²) in [5.41, 5.74) is 3.90. The van der Waals surface area contributed by atoms with Crippen LogP contribution in [0, 0.1) is 0 Å². The van der Waals surface area contributed by atoms with Crippen LogP contribution in [0.15, 0.2) is 79.4 Å². The molecule has 27 heavy (non-hydrogen) atoms. The molecule has 0 N–H and O–H groups in total. The van der Waals surface area contributed by atoms with Gasteiger partial charge in [-0.2, -0.15) is 5.10 Å². The smallest absolute Gasteiger partial charge is 0.137 e. The van der Waals surface area contributed by atoms with Crippen molar-refractivity contribution in [2.24, 2.45) is 0 Å². The SMILES string of the molecule is Clc1cc(Cl)c(-c2ccc(C(c3ccccc3)n3cncn3)cc2)c(Cl)c1. The molecule has 1 unspecified atom stereocenters. The summed E-state index contributed by atoms with van der Waals surface area (Å²) >= 11 is 18.7. The summed E-state index contributed by atoms with van der Waals surface area (Å²) in [5, 5.41) is 5.90. The van der Waals surface area contributed by atoms with Crippen LogP contribution >= 0.6 is 34.8 Å². The maximum Gasteiger partial charge on any atom is 0.137 e. The largest absolute Gasteiger partial charge is 0.241 e. The minimum Gasteiger partial charge on any atom is -0.241 e. The predicted molar refractivity (Wildman–Crippen MR) is 111 cm³/mol. The fraction of sp³-hybridized carbons (Fsp3) is 0.0476. The Kier molecular flexibility index (Phi) is 5.17. The van der Waals surface area contributed by atoms with Gasteiger partial charge in [0.25, 0.3) is 0 Å². The van der Waals surface area contributed by atoms with Gasteiger partial charge in [0, 0.05) is 10.6 Å². The molecule has 6 heteroatoms. The summed E-state index contributed by atoms with van der Waals surface area (Å²) in [5.74, 6) is 0. The van der Waals surface area contributed by atoms with Gasteiger partial charge in [0.1, 0.15) is 18.7 Å². The molecule has 0 saturated heterocycles. The Morgan fingerprint density at radius 1 is 0.778 bits per heavy atom. The Morgan fingerprint density at radius 2 is 1.41 bits per heavy atom. The number of halogens is 3. The topological polar surface area (TPSA) is 30.7 Å². The Labute approximate surface area is 172 Å². The summed E-state index contributed by atoms with van der Waals surface area (Å²) in [6, 6.07) is 21.6. The Hall–Kier alpha value is -2.33. The first-order valence-corrected chi connectivity index (χ1v) is 9.41. The van der Waals surface area contributed by atoms with Crippen molar-refractivity contribution in [2.75, 3.05) is 0 Å². The first kappa shape index (κ1) is 18.1. The summed E-state index contributed by atoms with van der Waals surface area (Å²) in [4.78, 5) is 4.10. The Balaban J connectivity index is 1.76. The maximum atomic E-state index is 6.36. The molecule has 0 spiro atoms. The highest BCUT2D eigenvalue weighted by molar-refractivity contribution is 6.41. The quantitative estimate of drug-likeness (QED) is 0.379. The summed E-state index contributed by atoms with van der Waals surface area (Å²) in [6.07, 6.45) is 3.26. The molecule has 1 atom stereocenters. The third-order valence-electron chi connectivity index (χ3n) is 4.34. The molecule has 1 heterocycles. The van der Waals surface area contributed by atoms with Gasteiger partial charge in [-0.25, -0.2) is 9.67 Å². The molecule has 1 aromatic heterocycles. The van der Waals surface area contributed by atoms with Crippen molar-refractivity contribution in [2.45, 2.75) is 6.04 Å². The number of hydrogen-bond donors (Lipinski definition) is 0. The van der Waals surface area contributed by atoms with E-state index in [4.69, 9.17) is 34.8 Å². The predicted octanol–water partition coefficient (Wildman–Crippen LogP) is 6.54. The van der Waals surface area contributed by atoms with Gasteiger partial charge in [0.2, 0.25) is 0 Å². The highest BCUT2D eigenvalue weighted by atomic mass is 35.5. The van der Waals surface area contributed by atoms with Crippen LogP contribution in [0.4, 0.5) is 0 Å². The van der Waals surface area contributed by atoms with Crippen molar-refractivity contribution >= 4 is 34.8 Å². The first-order chi connectivity index (χ1) is 13.1. The Morgan fingerprint density at radius 3 is 2.00 bits per heavy atom. The molecule has 0 aliphatic carbocycles. The molecule has 0 fully saturated rings. The zero-order valence-corrected chi connectivity index (χ0v) is 16.3. The van der Waals surface area contributed by atoms with E-state index in [-0.39, 0.29) is 6.04 Å². The zero-order chi connectivity index (χ0) is 18.8. The van der Waals surface area contributed by atoms with Crippen LogP contribution in [0.2, 0.25) is 15.1 Å². The highest BCUT2D eigenvalue weighted by Crippen LogP contribution is 2.38. The molecular weight excluding hydrogens is 401 g/mol. The van der Waals surface area contributed by atoms with E-state index < -0.39 is 0 Å². The van der Waals surface area contributed by atoms with Gasteiger partial charge in [0.05, 0.1) is 10.0 Å². The molecule has 0 aliphatic rings. The average Bonchev–Trinajstić information content (AvgIpc) is 3.17. The van der Waals surface area contributed by atoms with Gasteiger partial charge >= 0.3 is 0 Å². The van der Waals surface area contributed by atoms with Crippen LogP contribution in [0.3, 0.4) is 0 Å². The average molecular weight is 415 g/mol. The lowest BCUT2D eigenvalue weighted by Gasteiger charge is -2.19. The minimum atomic E-state index is -0.0705. The lowest BCUT2D eigenvalue weighted by Crippen LogP contribution is -2.12. The van der Waals surface area contributed by atoms with E-state index in [0.717, 1.165) is 22.3 Å². The van der Waals surface area contributed by atoms with Crippen molar-refractivity contribution in [1.82, 2.24) is 14.8 Å². The van der Waals surface area contributed by atoms with Crippen molar-refractivity contribution in [3.8, 4) is 11.1 Å². The van der Waals surface area contributed by atoms with Crippen LogP contribution in [0.25, 0.3) is 11.1 Å². The van der Waals surface area contributed by atoms with Crippen molar-refractivity contribution in [3.63, 3.8) is 0 Å². The molecule has 4 rings (SSSR count). The zero-order valence-electron chi connectivity index (χ0n) is 14.1. The molecule has 4 aromatic rings. The van der Waals surface area contributed by atoms with Gasteiger partial charge in [0.15, 0.2) is 0 Å². The second-order valence-corrected chi connectivity index (χ2v) is 7.31. The monoisotopic (exact) mass is 413 g/mol. The van der Waals surface area contributed by atoms with Gasteiger partial charge < -0.3 is 0 Å². The maximum absolute atomic E-state index is 6.36. The molecular formula is C21H14Cl3N3. The van der Waals surface area contributed by atoms with Gasteiger partial charge in [-0.3, -0.25) is 0 Å². The second kappa shape index (κ2) is 7.73. The van der Waals surface area contributed by atoms with Crippen LogP contribution in [-0.4, -0.2) is 14.8 Å². The molecule has 134 valence electrons. The van der Waals surface area contributed by atoms with E-state index in [2.05, 4.69) is 34.3 Å². The molecule has 0 bridgehead atoms. The third kappa shape index (κ3) is 3.72. The number of hydrogen-bond acceptors (Lipinski definition) is 2. The van der Waals surface area contributed by atoms with Gasteiger partial charge in [-0.15, -0.1) is 0 Å². The lowest BCUT2D eigenvalue weighted by atomic mass is 9.96. The molecule has 0 saturated carbocycles. The van der Waals surface area contributed by atoms with Crippen molar-refractivity contribution < 1.29 is 0 Å². The molecule has 0 amide bonds. The van der Waals surface area contributed by atoms with E-state index in [0.29, 0.717) is 15.1 Å². The molecule has 0 aliphatic heterocycles. The standard InChI is InChI=1S/C21H14Cl3N3/c22-17-10-18(23)20(19(24)11-17)14-6-8-16(9-7-14)21(27-13-25-12-26-27)15-4-2-1-3-5-15/h1-13,21H. The van der Waals surface area contributed by atoms with E-state index in [1.807, 2.05) is 35.0 Å². The minimum absolute atomic E-state index is 0.0705. The number of aromatic nitrogens is 3. The van der Waals surface area contributed by atoms with Crippen LogP contribution in [-0.2, 0) is 0 Å². The summed E-state index contributed by atoms with van der Waals surface area (Å²) in [6.45, 7) is 0. The summed E-state index contributed by atoms with van der Waals surface area (Å²) in [7, 11) is 0. The highest BCUT2D eigenvalue weighted by Gasteiger charge is 2.18. The van der Waals surface area contributed by atoms with E-state index >= 15 is 0 Å². The van der Waals surface area contributed by atoms with Crippen molar-refractivity contribution in [1.29, 1.82) is 0 Å². The van der Waals surface area contributed by atoms with Crippen LogP contribution in [0.1, 0.15) is 17.2 Å². The number of rotatable bonds is 4. The molecule has 3 nitrogen and oxygen atoms in total. The second-order valence-electron chi connectivity index (χ2n) is 6.06. The van der Waals surface area contributed by atoms with E-state index in [1.165, 1.54) is 6.33 Å². The number of benzene rings is 3. The third-order valence-corrected chi connectivity index (χ3v) is 5.15. The first-order valence-electron chi connectivity index (χ1n) is 8.27. The summed E-state index contributed by atoms with van der Waals surface area (Å²) < 4.78 is 1.84. The van der Waals surface area contributed by atoms with Crippen LogP contribution in [0.5, 0.6) is 0 Å². The van der Waals surface area contributed by atoms with Gasteiger partial charge in [-0.1, -0.05) is 89.4 Å². The van der Waals surface area contributed by atoms with Crippen LogP contribution < -0.4 is 0 Å². The van der Waals surface area contributed by atoms with E-state index in [9.17, 15) is 0 Å². The van der Waals surface area contributed by atoms with Crippen molar-refractivity contribution in [3.05, 3.63) is 106 Å². The fourth-order valence-electron chi connectivity index (χ4n) is 3.13. The van der Waals surface area contributed by atoms with E-state index in [1.54, 1.807) is 18.5 Å². The normalized spacial score (nSPS) is 12.1. The fourth-order valence-corrected chi connectivity index (χ4v) is 4.17. The van der Waals surface area contributed by atoms with Gasteiger partial charge in [-0.05, 0) is 28.8 Å². The number of nitrogens with zero attached hydrogens (tertiary/aromatic N) is 3.